The first-order valence-electron chi connectivity index (χ1n) is 9.11. The highest BCUT2D eigenvalue weighted by atomic mass is 35.5. The zero-order valence-corrected chi connectivity index (χ0v) is 16.4. The number of benzene rings is 3. The largest absolute Gasteiger partial charge is 0.481 e. The summed E-state index contributed by atoms with van der Waals surface area (Å²) in [6.07, 6.45) is -0.679. The van der Waals surface area contributed by atoms with Crippen molar-refractivity contribution in [1.29, 1.82) is 0 Å². The third kappa shape index (κ3) is 4.38. The van der Waals surface area contributed by atoms with Gasteiger partial charge in [-0.3, -0.25) is 4.79 Å². The molecule has 4 rings (SSSR count). The standard InChI is InChI=1S/C22H18ClN3O3/c1-14(28-17-11-10-15-6-2-3-7-16(15)12-17)22(27)24-13-20-25-21(26-29-20)18-8-4-5-9-19(18)23/h2-12,14H,13H2,1H3,(H,24,27)/t14-/m1/s1. The Kier molecular flexibility index (Phi) is 5.44. The number of carbonyl (C=O) groups excluding carboxylic acids is 1. The lowest BCUT2D eigenvalue weighted by molar-refractivity contribution is -0.127. The molecule has 0 aliphatic carbocycles. The molecule has 1 heterocycles. The van der Waals surface area contributed by atoms with Crippen LogP contribution in [0.2, 0.25) is 5.02 Å². The molecular formula is C22H18ClN3O3. The Labute approximate surface area is 172 Å². The van der Waals surface area contributed by atoms with Crippen molar-refractivity contribution in [1.82, 2.24) is 15.5 Å². The van der Waals surface area contributed by atoms with Crippen LogP contribution in [0.1, 0.15) is 12.8 Å². The average Bonchev–Trinajstić information content (AvgIpc) is 3.21. The van der Waals surface area contributed by atoms with Crippen LogP contribution in [0, 0.1) is 0 Å². The van der Waals surface area contributed by atoms with Crippen LogP contribution in [0.4, 0.5) is 0 Å². The van der Waals surface area contributed by atoms with Crippen molar-refractivity contribution < 1.29 is 14.1 Å². The summed E-state index contributed by atoms with van der Waals surface area (Å²) >= 11 is 6.14. The summed E-state index contributed by atoms with van der Waals surface area (Å²) in [5.41, 5.74) is 0.670. The van der Waals surface area contributed by atoms with Gasteiger partial charge in [-0.25, -0.2) is 0 Å². The number of carbonyl (C=O) groups is 1. The van der Waals surface area contributed by atoms with E-state index in [1.165, 1.54) is 0 Å². The van der Waals surface area contributed by atoms with Gasteiger partial charge in [0, 0.05) is 5.56 Å². The SMILES string of the molecule is C[C@@H](Oc1ccc2ccccc2c1)C(=O)NCc1nc(-c2ccccc2Cl)no1. The Hall–Kier alpha value is -3.38. The first-order chi connectivity index (χ1) is 14.1. The number of nitrogens with zero attached hydrogens (tertiary/aromatic N) is 2. The number of nitrogens with one attached hydrogen (secondary N) is 1. The van der Waals surface area contributed by atoms with Gasteiger partial charge in [0.05, 0.1) is 11.6 Å². The number of rotatable bonds is 6. The highest BCUT2D eigenvalue weighted by Gasteiger charge is 2.17. The highest BCUT2D eigenvalue weighted by Crippen LogP contribution is 2.25. The molecule has 1 atom stereocenters. The van der Waals surface area contributed by atoms with Crippen LogP contribution in [0.5, 0.6) is 5.75 Å². The van der Waals surface area contributed by atoms with E-state index >= 15 is 0 Å². The van der Waals surface area contributed by atoms with Crippen molar-refractivity contribution in [2.75, 3.05) is 0 Å². The molecule has 6 nitrogen and oxygen atoms in total. The van der Waals surface area contributed by atoms with Gasteiger partial charge in [-0.1, -0.05) is 59.2 Å². The maximum atomic E-state index is 12.4. The first kappa shape index (κ1) is 19.0. The van der Waals surface area contributed by atoms with E-state index in [0.717, 1.165) is 10.8 Å². The van der Waals surface area contributed by atoms with Gasteiger partial charge in [-0.05, 0) is 42.0 Å². The third-order valence-electron chi connectivity index (χ3n) is 4.40. The van der Waals surface area contributed by atoms with Gasteiger partial charge in [0.15, 0.2) is 6.10 Å². The molecule has 0 saturated heterocycles. The normalized spacial score (nSPS) is 11.9. The lowest BCUT2D eigenvalue weighted by Gasteiger charge is -2.14. The third-order valence-corrected chi connectivity index (χ3v) is 4.73. The molecule has 1 N–H and O–H groups in total. The monoisotopic (exact) mass is 407 g/mol. The number of halogens is 1. The van der Waals surface area contributed by atoms with Crippen molar-refractivity contribution in [3.8, 4) is 17.1 Å². The second kappa shape index (κ2) is 8.32. The van der Waals surface area contributed by atoms with Crippen molar-refractivity contribution in [3.63, 3.8) is 0 Å². The second-order valence-corrected chi connectivity index (χ2v) is 6.89. The Morgan fingerprint density at radius 2 is 1.86 bits per heavy atom. The van der Waals surface area contributed by atoms with Gasteiger partial charge < -0.3 is 14.6 Å². The van der Waals surface area contributed by atoms with E-state index in [9.17, 15) is 4.79 Å². The number of ether oxygens (including phenoxy) is 1. The summed E-state index contributed by atoms with van der Waals surface area (Å²) in [6.45, 7) is 1.79. The summed E-state index contributed by atoms with van der Waals surface area (Å²) in [4.78, 5) is 16.6. The Morgan fingerprint density at radius 3 is 2.69 bits per heavy atom. The number of amides is 1. The van der Waals surface area contributed by atoms with E-state index in [1.807, 2.05) is 54.6 Å². The summed E-state index contributed by atoms with van der Waals surface area (Å²) < 4.78 is 11.0. The summed E-state index contributed by atoms with van der Waals surface area (Å²) in [7, 11) is 0. The molecule has 0 radical (unpaired) electrons. The molecule has 29 heavy (non-hydrogen) atoms. The maximum absolute atomic E-state index is 12.4. The minimum Gasteiger partial charge on any atom is -0.481 e. The predicted octanol–water partition coefficient (Wildman–Crippen LogP) is 4.63. The summed E-state index contributed by atoms with van der Waals surface area (Å²) in [5.74, 6) is 1.01. The summed E-state index contributed by atoms with van der Waals surface area (Å²) in [6, 6.07) is 20.9. The van der Waals surface area contributed by atoms with Crippen LogP contribution < -0.4 is 10.1 Å². The molecule has 7 heteroatoms. The molecule has 1 amide bonds. The molecule has 0 saturated carbocycles. The Morgan fingerprint density at radius 1 is 1.10 bits per heavy atom. The van der Waals surface area contributed by atoms with Crippen molar-refractivity contribution >= 4 is 28.3 Å². The number of fused-ring (bicyclic) bond motifs is 1. The minimum atomic E-state index is -0.679. The van der Waals surface area contributed by atoms with Crippen LogP contribution in [0.25, 0.3) is 22.2 Å². The van der Waals surface area contributed by atoms with Crippen LogP contribution in [0.3, 0.4) is 0 Å². The van der Waals surface area contributed by atoms with Gasteiger partial charge in [0.1, 0.15) is 5.75 Å². The van der Waals surface area contributed by atoms with E-state index < -0.39 is 6.10 Å². The van der Waals surface area contributed by atoms with E-state index in [2.05, 4.69) is 15.5 Å². The minimum absolute atomic E-state index is 0.0989. The Bertz CT molecular complexity index is 1160. The molecule has 0 fully saturated rings. The molecule has 146 valence electrons. The van der Waals surface area contributed by atoms with Crippen LogP contribution in [-0.2, 0) is 11.3 Å². The smallest absolute Gasteiger partial charge is 0.261 e. The van der Waals surface area contributed by atoms with Gasteiger partial charge in [-0.15, -0.1) is 0 Å². The van der Waals surface area contributed by atoms with Gasteiger partial charge in [-0.2, -0.15) is 4.98 Å². The molecule has 0 unspecified atom stereocenters. The lowest BCUT2D eigenvalue weighted by Crippen LogP contribution is -2.35. The fraction of sp³-hybridized carbons (Fsp3) is 0.136. The molecule has 0 aliphatic rings. The van der Waals surface area contributed by atoms with Crippen molar-refractivity contribution in [2.45, 2.75) is 19.6 Å². The van der Waals surface area contributed by atoms with E-state index in [-0.39, 0.29) is 18.3 Å². The second-order valence-electron chi connectivity index (χ2n) is 6.48. The van der Waals surface area contributed by atoms with Crippen LogP contribution in [-0.4, -0.2) is 22.2 Å². The maximum Gasteiger partial charge on any atom is 0.261 e. The molecule has 4 aromatic rings. The van der Waals surface area contributed by atoms with Gasteiger partial charge in [0.25, 0.3) is 5.91 Å². The molecule has 0 aliphatic heterocycles. The molecule has 1 aromatic heterocycles. The lowest BCUT2D eigenvalue weighted by atomic mass is 10.1. The fourth-order valence-electron chi connectivity index (χ4n) is 2.88. The molecule has 3 aromatic carbocycles. The van der Waals surface area contributed by atoms with E-state index in [0.29, 0.717) is 22.2 Å². The Balaban J connectivity index is 1.36. The van der Waals surface area contributed by atoms with Gasteiger partial charge in [0.2, 0.25) is 11.7 Å². The molecular weight excluding hydrogens is 390 g/mol. The number of aromatic nitrogens is 2. The fourth-order valence-corrected chi connectivity index (χ4v) is 3.10. The molecule has 0 bridgehead atoms. The summed E-state index contributed by atoms with van der Waals surface area (Å²) in [5, 5.41) is 9.35. The molecule has 0 spiro atoms. The van der Waals surface area contributed by atoms with Crippen LogP contribution in [0.15, 0.2) is 71.3 Å². The zero-order valence-electron chi connectivity index (χ0n) is 15.6. The zero-order chi connectivity index (χ0) is 20.2. The van der Waals surface area contributed by atoms with Crippen molar-refractivity contribution in [3.05, 3.63) is 77.6 Å². The van der Waals surface area contributed by atoms with E-state index in [4.69, 9.17) is 20.9 Å². The van der Waals surface area contributed by atoms with Gasteiger partial charge >= 0.3 is 0 Å². The number of hydrogen-bond acceptors (Lipinski definition) is 5. The van der Waals surface area contributed by atoms with Crippen molar-refractivity contribution in [2.24, 2.45) is 0 Å². The quantitative estimate of drug-likeness (QED) is 0.504. The highest BCUT2D eigenvalue weighted by molar-refractivity contribution is 6.33. The predicted molar refractivity (Wildman–Crippen MR) is 111 cm³/mol. The average molecular weight is 408 g/mol. The number of hydrogen-bond donors (Lipinski definition) is 1. The first-order valence-corrected chi connectivity index (χ1v) is 9.48. The van der Waals surface area contributed by atoms with Crippen LogP contribution >= 0.6 is 11.6 Å². The van der Waals surface area contributed by atoms with E-state index in [1.54, 1.807) is 19.1 Å². The topological polar surface area (TPSA) is 77.2 Å².